The monoisotopic (exact) mass is 275 g/mol. The van der Waals surface area contributed by atoms with Crippen LogP contribution in [0.15, 0.2) is 35.7 Å². The Labute approximate surface area is 117 Å². The molecular weight excluding hydrogens is 258 g/mol. The molecule has 1 aromatic carbocycles. The van der Waals surface area contributed by atoms with Crippen molar-refractivity contribution in [2.75, 3.05) is 18.5 Å². The van der Waals surface area contributed by atoms with Crippen molar-refractivity contribution < 1.29 is 9.90 Å². The second kappa shape index (κ2) is 5.89. The largest absolute Gasteiger partial charge is 0.507 e. The minimum Gasteiger partial charge on any atom is -0.507 e. The SMILES string of the molecule is CC(=O)c1ccc(N(C)CCc2cccs2)cc1O. The third-order valence-corrected chi connectivity index (χ3v) is 4.01. The number of nitrogens with zero attached hydrogens (tertiary/aromatic N) is 1. The van der Waals surface area contributed by atoms with Crippen LogP contribution in [-0.4, -0.2) is 24.5 Å². The summed E-state index contributed by atoms with van der Waals surface area (Å²) in [5.74, 6) is -0.0711. The van der Waals surface area contributed by atoms with Crippen molar-refractivity contribution in [1.82, 2.24) is 0 Å². The summed E-state index contributed by atoms with van der Waals surface area (Å²) in [6.07, 6.45) is 0.976. The maximum absolute atomic E-state index is 11.3. The van der Waals surface area contributed by atoms with Crippen molar-refractivity contribution in [2.45, 2.75) is 13.3 Å². The minimum absolute atomic E-state index is 0.0490. The summed E-state index contributed by atoms with van der Waals surface area (Å²) in [4.78, 5) is 14.7. The zero-order valence-corrected chi connectivity index (χ0v) is 11.9. The second-order valence-electron chi connectivity index (χ2n) is 4.51. The molecule has 0 unspecified atom stereocenters. The van der Waals surface area contributed by atoms with Crippen LogP contribution >= 0.6 is 11.3 Å². The molecule has 0 radical (unpaired) electrons. The number of likely N-dealkylation sites (N-methyl/N-ethyl adjacent to an activating group) is 1. The summed E-state index contributed by atoms with van der Waals surface area (Å²) < 4.78 is 0. The van der Waals surface area contributed by atoms with Crippen molar-refractivity contribution in [1.29, 1.82) is 0 Å². The number of hydrogen-bond donors (Lipinski definition) is 1. The Morgan fingerprint density at radius 2 is 2.16 bits per heavy atom. The molecule has 0 aliphatic heterocycles. The summed E-state index contributed by atoms with van der Waals surface area (Å²) in [6, 6.07) is 9.35. The molecular formula is C15H17NO2S. The fraction of sp³-hybridized carbons (Fsp3) is 0.267. The van der Waals surface area contributed by atoms with Crippen LogP contribution in [0.5, 0.6) is 5.75 Å². The number of phenols is 1. The van der Waals surface area contributed by atoms with E-state index in [1.54, 1.807) is 23.5 Å². The minimum atomic E-state index is -0.120. The molecule has 100 valence electrons. The lowest BCUT2D eigenvalue weighted by Gasteiger charge is -2.19. The summed E-state index contributed by atoms with van der Waals surface area (Å²) in [7, 11) is 1.98. The molecule has 4 heteroatoms. The highest BCUT2D eigenvalue weighted by Gasteiger charge is 2.09. The Morgan fingerprint density at radius 3 is 2.74 bits per heavy atom. The van der Waals surface area contributed by atoms with Crippen molar-refractivity contribution in [2.24, 2.45) is 0 Å². The van der Waals surface area contributed by atoms with E-state index < -0.39 is 0 Å². The summed E-state index contributed by atoms with van der Waals surface area (Å²) in [6.45, 7) is 2.33. The van der Waals surface area contributed by atoms with Gasteiger partial charge in [-0.3, -0.25) is 4.79 Å². The topological polar surface area (TPSA) is 40.5 Å². The molecule has 0 spiro atoms. The first-order valence-electron chi connectivity index (χ1n) is 6.15. The molecule has 0 atom stereocenters. The van der Waals surface area contributed by atoms with E-state index in [4.69, 9.17) is 0 Å². The van der Waals surface area contributed by atoms with E-state index in [9.17, 15) is 9.90 Å². The number of benzene rings is 1. The molecule has 0 saturated heterocycles. The van der Waals surface area contributed by atoms with Gasteiger partial charge in [-0.2, -0.15) is 0 Å². The van der Waals surface area contributed by atoms with Gasteiger partial charge in [-0.15, -0.1) is 11.3 Å². The normalized spacial score (nSPS) is 10.4. The predicted molar refractivity (Wildman–Crippen MR) is 79.4 cm³/mol. The second-order valence-corrected chi connectivity index (χ2v) is 5.54. The van der Waals surface area contributed by atoms with Crippen molar-refractivity contribution in [3.8, 4) is 5.75 Å². The standard InChI is InChI=1S/C15H17NO2S/c1-11(17)14-6-5-12(10-15(14)18)16(2)8-7-13-4-3-9-19-13/h3-6,9-10,18H,7-8H2,1-2H3. The van der Waals surface area contributed by atoms with Gasteiger partial charge in [-0.05, 0) is 36.9 Å². The molecule has 0 amide bonds. The lowest BCUT2D eigenvalue weighted by Crippen LogP contribution is -2.20. The van der Waals surface area contributed by atoms with Gasteiger partial charge in [0.15, 0.2) is 5.78 Å². The highest BCUT2D eigenvalue weighted by Crippen LogP contribution is 2.24. The quantitative estimate of drug-likeness (QED) is 0.851. The number of rotatable bonds is 5. The van der Waals surface area contributed by atoms with Crippen LogP contribution in [0.2, 0.25) is 0 Å². The molecule has 0 aliphatic carbocycles. The maximum Gasteiger partial charge on any atom is 0.163 e. The molecule has 1 aromatic heterocycles. The van der Waals surface area contributed by atoms with Crippen LogP contribution in [0.4, 0.5) is 5.69 Å². The number of phenolic OH excluding ortho intramolecular Hbond substituents is 1. The number of anilines is 1. The van der Waals surface area contributed by atoms with Crippen molar-refractivity contribution in [3.63, 3.8) is 0 Å². The van der Waals surface area contributed by atoms with E-state index in [2.05, 4.69) is 16.3 Å². The predicted octanol–water partition coefficient (Wildman–Crippen LogP) is 3.34. The van der Waals surface area contributed by atoms with Crippen LogP contribution in [0.1, 0.15) is 22.2 Å². The molecule has 1 N–H and O–H groups in total. The number of Topliss-reactive ketones (excluding diaryl/α,β-unsaturated/α-hetero) is 1. The maximum atomic E-state index is 11.3. The van der Waals surface area contributed by atoms with Crippen LogP contribution < -0.4 is 4.90 Å². The van der Waals surface area contributed by atoms with E-state index in [-0.39, 0.29) is 11.5 Å². The first-order valence-corrected chi connectivity index (χ1v) is 7.03. The third kappa shape index (κ3) is 3.35. The van der Waals surface area contributed by atoms with Crippen LogP contribution in [0.25, 0.3) is 0 Å². The van der Waals surface area contributed by atoms with Gasteiger partial charge in [0.2, 0.25) is 0 Å². The molecule has 1 heterocycles. The smallest absolute Gasteiger partial charge is 0.163 e. The average Bonchev–Trinajstić information content (AvgIpc) is 2.88. The number of thiophene rings is 1. The Morgan fingerprint density at radius 1 is 1.37 bits per heavy atom. The molecule has 19 heavy (non-hydrogen) atoms. The fourth-order valence-electron chi connectivity index (χ4n) is 1.92. The number of hydrogen-bond acceptors (Lipinski definition) is 4. The first kappa shape index (κ1) is 13.6. The van der Waals surface area contributed by atoms with Gasteiger partial charge < -0.3 is 10.0 Å². The summed E-state index contributed by atoms with van der Waals surface area (Å²) in [5.41, 5.74) is 1.29. The van der Waals surface area contributed by atoms with Gasteiger partial charge in [0.05, 0.1) is 5.56 Å². The van der Waals surface area contributed by atoms with Gasteiger partial charge in [-0.1, -0.05) is 6.07 Å². The van der Waals surface area contributed by atoms with E-state index in [0.717, 1.165) is 18.7 Å². The van der Waals surface area contributed by atoms with E-state index in [1.165, 1.54) is 11.8 Å². The van der Waals surface area contributed by atoms with Gasteiger partial charge in [0.25, 0.3) is 0 Å². The number of carbonyl (C=O) groups excluding carboxylic acids is 1. The Balaban J connectivity index is 2.05. The van der Waals surface area contributed by atoms with Gasteiger partial charge in [0.1, 0.15) is 5.75 Å². The zero-order chi connectivity index (χ0) is 13.8. The summed E-state index contributed by atoms with van der Waals surface area (Å²) >= 11 is 1.75. The molecule has 3 nitrogen and oxygen atoms in total. The molecule has 2 aromatic rings. The van der Waals surface area contributed by atoms with E-state index in [1.807, 2.05) is 19.2 Å². The number of ketones is 1. The van der Waals surface area contributed by atoms with Crippen molar-refractivity contribution >= 4 is 22.8 Å². The average molecular weight is 275 g/mol. The van der Waals surface area contributed by atoms with E-state index >= 15 is 0 Å². The number of aromatic hydroxyl groups is 1. The lowest BCUT2D eigenvalue weighted by atomic mass is 10.1. The lowest BCUT2D eigenvalue weighted by molar-refractivity contribution is 0.101. The zero-order valence-electron chi connectivity index (χ0n) is 11.1. The number of carbonyl (C=O) groups is 1. The van der Waals surface area contributed by atoms with Crippen molar-refractivity contribution in [3.05, 3.63) is 46.2 Å². The van der Waals surface area contributed by atoms with Crippen LogP contribution in [-0.2, 0) is 6.42 Å². The fourth-order valence-corrected chi connectivity index (χ4v) is 2.62. The molecule has 2 rings (SSSR count). The highest BCUT2D eigenvalue weighted by molar-refractivity contribution is 7.09. The molecule has 0 bridgehead atoms. The molecule has 0 aliphatic rings. The van der Waals surface area contributed by atoms with Crippen LogP contribution in [0.3, 0.4) is 0 Å². The van der Waals surface area contributed by atoms with Gasteiger partial charge in [0, 0.05) is 30.2 Å². The van der Waals surface area contributed by atoms with Crippen LogP contribution in [0, 0.1) is 0 Å². The Hall–Kier alpha value is -1.81. The van der Waals surface area contributed by atoms with Gasteiger partial charge in [-0.25, -0.2) is 0 Å². The summed E-state index contributed by atoms with van der Waals surface area (Å²) in [5, 5.41) is 11.9. The first-order chi connectivity index (χ1) is 9.08. The Bertz CT molecular complexity index is 564. The highest BCUT2D eigenvalue weighted by atomic mass is 32.1. The van der Waals surface area contributed by atoms with Gasteiger partial charge >= 0.3 is 0 Å². The molecule has 0 saturated carbocycles. The van der Waals surface area contributed by atoms with E-state index in [0.29, 0.717) is 5.56 Å². The molecule has 0 fully saturated rings. The Kier molecular flexibility index (Phi) is 4.22. The third-order valence-electron chi connectivity index (χ3n) is 3.08.